The van der Waals surface area contributed by atoms with Gasteiger partial charge in [0.1, 0.15) is 6.17 Å². The molecule has 0 spiro atoms. The van der Waals surface area contributed by atoms with E-state index >= 15 is 0 Å². The lowest BCUT2D eigenvalue weighted by atomic mass is 10.1. The number of fused-ring (bicyclic) bond motifs is 1. The highest BCUT2D eigenvalue weighted by atomic mass is 19.1. The normalized spacial score (nSPS) is 19.4. The Hall–Kier alpha value is -3.42. The number of nitrogens with zero attached hydrogens (tertiary/aromatic N) is 5. The molecule has 2 heterocycles. The summed E-state index contributed by atoms with van der Waals surface area (Å²) in [4.78, 5) is 6.75. The van der Waals surface area contributed by atoms with Crippen molar-refractivity contribution in [3.05, 3.63) is 59.2 Å². The lowest BCUT2D eigenvalue weighted by molar-refractivity contribution is 0.243. The molecular formula is C21H19FN6. The summed E-state index contributed by atoms with van der Waals surface area (Å²) in [6.45, 7) is 1.48. The highest BCUT2D eigenvalue weighted by molar-refractivity contribution is 5.80. The standard InChI is InChI=1S/C21H19FN6/c22-17-7-8-27(13-18(17)25)21-26-19-9-16(11-24)5-6-20(19)28(21)12-15-3-1-14(10-23)2-4-15/h1-6,9,17-18H,7-8,12-13,25H2/t17-,18-/m1/s1. The lowest BCUT2D eigenvalue weighted by Crippen LogP contribution is -2.50. The first-order chi connectivity index (χ1) is 13.6. The quantitative estimate of drug-likeness (QED) is 0.761. The van der Waals surface area contributed by atoms with Crippen LogP contribution in [0.3, 0.4) is 0 Å². The maximum Gasteiger partial charge on any atom is 0.206 e. The molecule has 3 aromatic rings. The second-order valence-electron chi connectivity index (χ2n) is 7.04. The third-order valence-electron chi connectivity index (χ3n) is 5.13. The number of nitrogens with two attached hydrogens (primary N) is 1. The molecule has 6 nitrogen and oxygen atoms in total. The summed E-state index contributed by atoms with van der Waals surface area (Å²) in [5.41, 5.74) is 9.74. The molecule has 0 amide bonds. The second kappa shape index (κ2) is 7.30. The molecule has 0 unspecified atom stereocenters. The Morgan fingerprint density at radius 2 is 1.82 bits per heavy atom. The van der Waals surface area contributed by atoms with Crippen molar-refractivity contribution in [1.82, 2.24) is 9.55 Å². The maximum absolute atomic E-state index is 13.8. The highest BCUT2D eigenvalue weighted by Crippen LogP contribution is 2.27. The topological polar surface area (TPSA) is 94.7 Å². The van der Waals surface area contributed by atoms with E-state index in [9.17, 15) is 9.65 Å². The molecule has 1 aliphatic heterocycles. The van der Waals surface area contributed by atoms with E-state index in [2.05, 4.69) is 16.7 Å². The van der Waals surface area contributed by atoms with E-state index in [0.717, 1.165) is 22.5 Å². The first kappa shape index (κ1) is 18.0. The van der Waals surface area contributed by atoms with Crippen molar-refractivity contribution in [2.75, 3.05) is 18.0 Å². The fourth-order valence-electron chi connectivity index (χ4n) is 3.59. The molecule has 4 rings (SSSR count). The average Bonchev–Trinajstić information content (AvgIpc) is 3.08. The second-order valence-corrected chi connectivity index (χ2v) is 7.04. The van der Waals surface area contributed by atoms with E-state index in [1.54, 1.807) is 24.3 Å². The molecule has 140 valence electrons. The smallest absolute Gasteiger partial charge is 0.206 e. The third kappa shape index (κ3) is 3.28. The summed E-state index contributed by atoms with van der Waals surface area (Å²) in [5, 5.41) is 18.2. The molecule has 1 aliphatic rings. The number of anilines is 1. The van der Waals surface area contributed by atoms with Gasteiger partial charge in [-0.3, -0.25) is 0 Å². The zero-order valence-electron chi connectivity index (χ0n) is 15.2. The zero-order chi connectivity index (χ0) is 19.7. The van der Waals surface area contributed by atoms with Crippen molar-refractivity contribution < 1.29 is 4.39 Å². The first-order valence-corrected chi connectivity index (χ1v) is 9.13. The Bertz CT molecular complexity index is 1090. The van der Waals surface area contributed by atoms with Crippen LogP contribution >= 0.6 is 0 Å². The number of benzene rings is 2. The van der Waals surface area contributed by atoms with Crippen molar-refractivity contribution >= 4 is 17.0 Å². The van der Waals surface area contributed by atoms with Crippen LogP contribution in [0.1, 0.15) is 23.1 Å². The number of nitriles is 2. The molecule has 0 aliphatic carbocycles. The molecule has 0 radical (unpaired) electrons. The number of rotatable bonds is 3. The summed E-state index contributed by atoms with van der Waals surface area (Å²) >= 11 is 0. The number of alkyl halides is 1. The number of hydrogen-bond donors (Lipinski definition) is 1. The molecule has 1 aromatic heterocycles. The summed E-state index contributed by atoms with van der Waals surface area (Å²) < 4.78 is 15.9. The van der Waals surface area contributed by atoms with Crippen LogP contribution in [-0.4, -0.2) is 34.9 Å². The average molecular weight is 374 g/mol. The minimum Gasteiger partial charge on any atom is -0.340 e. The van der Waals surface area contributed by atoms with E-state index in [1.807, 2.05) is 23.1 Å². The Labute approximate surface area is 162 Å². The molecule has 2 N–H and O–H groups in total. The van der Waals surface area contributed by atoms with Gasteiger partial charge in [-0.15, -0.1) is 0 Å². The van der Waals surface area contributed by atoms with E-state index in [-0.39, 0.29) is 0 Å². The van der Waals surface area contributed by atoms with Crippen molar-refractivity contribution in [3.8, 4) is 12.1 Å². The van der Waals surface area contributed by atoms with E-state index in [4.69, 9.17) is 16.0 Å². The number of halogens is 1. The van der Waals surface area contributed by atoms with Crippen molar-refractivity contribution in [1.29, 1.82) is 10.5 Å². The van der Waals surface area contributed by atoms with Gasteiger partial charge < -0.3 is 15.2 Å². The Morgan fingerprint density at radius 1 is 1.11 bits per heavy atom. The van der Waals surface area contributed by atoms with Crippen LogP contribution in [0.4, 0.5) is 10.3 Å². The predicted octanol–water partition coefficient (Wildman–Crippen LogP) is 2.70. The van der Waals surface area contributed by atoms with Crippen LogP contribution in [0.5, 0.6) is 0 Å². The number of imidazole rings is 1. The monoisotopic (exact) mass is 374 g/mol. The minimum absolute atomic E-state index is 0.366. The van der Waals surface area contributed by atoms with E-state index in [0.29, 0.717) is 37.2 Å². The van der Waals surface area contributed by atoms with Gasteiger partial charge in [0.25, 0.3) is 0 Å². The number of hydrogen-bond acceptors (Lipinski definition) is 5. The van der Waals surface area contributed by atoms with Crippen molar-refractivity contribution in [2.45, 2.75) is 25.2 Å². The molecular weight excluding hydrogens is 355 g/mol. The first-order valence-electron chi connectivity index (χ1n) is 9.13. The fourth-order valence-corrected chi connectivity index (χ4v) is 3.59. The molecule has 0 bridgehead atoms. The maximum atomic E-state index is 13.8. The van der Waals surface area contributed by atoms with E-state index < -0.39 is 12.2 Å². The Kier molecular flexibility index (Phi) is 4.68. The Morgan fingerprint density at radius 3 is 2.50 bits per heavy atom. The van der Waals surface area contributed by atoms with Gasteiger partial charge in [-0.05, 0) is 42.3 Å². The van der Waals surface area contributed by atoms with Crippen LogP contribution in [0.2, 0.25) is 0 Å². The molecule has 1 fully saturated rings. The molecule has 2 aromatic carbocycles. The van der Waals surface area contributed by atoms with Crippen LogP contribution < -0.4 is 10.6 Å². The summed E-state index contributed by atoms with van der Waals surface area (Å²) in [6, 6.07) is 16.5. The molecule has 1 saturated heterocycles. The van der Waals surface area contributed by atoms with Gasteiger partial charge in [-0.1, -0.05) is 12.1 Å². The van der Waals surface area contributed by atoms with Gasteiger partial charge in [-0.25, -0.2) is 9.37 Å². The van der Waals surface area contributed by atoms with Gasteiger partial charge in [0.15, 0.2) is 0 Å². The largest absolute Gasteiger partial charge is 0.340 e. The number of aromatic nitrogens is 2. The van der Waals surface area contributed by atoms with Crippen molar-refractivity contribution in [3.63, 3.8) is 0 Å². The summed E-state index contributed by atoms with van der Waals surface area (Å²) in [5.74, 6) is 0.719. The predicted molar refractivity (Wildman–Crippen MR) is 104 cm³/mol. The van der Waals surface area contributed by atoms with Gasteiger partial charge in [0.2, 0.25) is 5.95 Å². The molecule has 2 atom stereocenters. The summed E-state index contributed by atoms with van der Waals surface area (Å²) in [6.07, 6.45) is -0.636. The van der Waals surface area contributed by atoms with Gasteiger partial charge in [0.05, 0.1) is 46.9 Å². The van der Waals surface area contributed by atoms with Crippen LogP contribution in [0.15, 0.2) is 42.5 Å². The van der Waals surface area contributed by atoms with Gasteiger partial charge >= 0.3 is 0 Å². The van der Waals surface area contributed by atoms with Crippen LogP contribution in [0.25, 0.3) is 11.0 Å². The van der Waals surface area contributed by atoms with Crippen LogP contribution in [0, 0.1) is 22.7 Å². The lowest BCUT2D eigenvalue weighted by Gasteiger charge is -2.34. The molecule has 28 heavy (non-hydrogen) atoms. The third-order valence-corrected chi connectivity index (χ3v) is 5.13. The molecule has 7 heteroatoms. The molecule has 0 saturated carbocycles. The minimum atomic E-state index is -1.00. The van der Waals surface area contributed by atoms with Gasteiger partial charge in [-0.2, -0.15) is 10.5 Å². The van der Waals surface area contributed by atoms with Crippen LogP contribution in [-0.2, 0) is 6.54 Å². The Balaban J connectivity index is 1.77. The van der Waals surface area contributed by atoms with Gasteiger partial charge in [0, 0.05) is 13.1 Å². The van der Waals surface area contributed by atoms with E-state index in [1.165, 1.54) is 0 Å². The zero-order valence-corrected chi connectivity index (χ0v) is 15.2. The van der Waals surface area contributed by atoms with Crippen molar-refractivity contribution in [2.24, 2.45) is 5.73 Å². The SMILES string of the molecule is N#Cc1ccc(Cn2c(N3CC[C@@H](F)[C@H](N)C3)nc3cc(C#N)ccc32)cc1. The summed E-state index contributed by atoms with van der Waals surface area (Å²) in [7, 11) is 0. The fraction of sp³-hybridized carbons (Fsp3) is 0.286. The number of piperidine rings is 1. The highest BCUT2D eigenvalue weighted by Gasteiger charge is 2.29.